The molecule has 0 spiro atoms. The molecule has 0 saturated heterocycles. The fraction of sp³-hybridized carbons (Fsp3) is 0.294. The van der Waals surface area contributed by atoms with Gasteiger partial charge in [-0.05, 0) is 29.5 Å². The quantitative estimate of drug-likeness (QED) is 0.390. The van der Waals surface area contributed by atoms with Gasteiger partial charge in [-0.3, -0.25) is 4.21 Å². The fourth-order valence-corrected chi connectivity index (χ4v) is 3.31. The van der Waals surface area contributed by atoms with Crippen molar-refractivity contribution in [1.82, 2.24) is 0 Å². The normalized spacial score (nSPS) is 12.1. The number of hydrogen-bond donors (Lipinski definition) is 1. The Morgan fingerprint density at radius 2 is 1.91 bits per heavy atom. The summed E-state index contributed by atoms with van der Waals surface area (Å²) in [5.41, 5.74) is 4.96. The first kappa shape index (κ1) is 17.4. The van der Waals surface area contributed by atoms with Gasteiger partial charge in [0.2, 0.25) is 0 Å². The largest absolute Gasteiger partial charge is 0.755 e. The van der Waals surface area contributed by atoms with Crippen LogP contribution in [0, 0.1) is 0 Å². The van der Waals surface area contributed by atoms with Crippen LogP contribution in [-0.2, 0) is 22.1 Å². The van der Waals surface area contributed by atoms with E-state index in [9.17, 15) is 8.76 Å². The van der Waals surface area contributed by atoms with Gasteiger partial charge in [0.15, 0.2) is 0 Å². The molecule has 2 aromatic rings. The van der Waals surface area contributed by atoms with Crippen molar-refractivity contribution < 1.29 is 8.76 Å². The molecule has 1 atom stereocenters. The summed E-state index contributed by atoms with van der Waals surface area (Å²) >= 11 is 0.00541. The molecule has 2 aromatic carbocycles. The molecule has 2 rings (SSSR count). The van der Waals surface area contributed by atoms with E-state index in [0.29, 0.717) is 5.69 Å². The summed E-state index contributed by atoms with van der Waals surface area (Å²) in [6.07, 6.45) is 2.99. The minimum Gasteiger partial charge on any atom is -0.755 e. The van der Waals surface area contributed by atoms with Crippen molar-refractivity contribution >= 4 is 39.5 Å². The minimum atomic E-state index is -2.32. The van der Waals surface area contributed by atoms with Crippen molar-refractivity contribution in [2.24, 2.45) is 0 Å². The number of alkyl halides is 1. The lowest BCUT2D eigenvalue weighted by molar-refractivity contribution is 0.542. The molecule has 0 radical (unpaired) electrons. The number of rotatable bonds is 7. The second-order valence-corrected chi connectivity index (χ2v) is 6.55. The highest BCUT2D eigenvalue weighted by Crippen LogP contribution is 2.32. The van der Waals surface area contributed by atoms with Gasteiger partial charge in [0.25, 0.3) is 0 Å². The van der Waals surface area contributed by atoms with E-state index in [4.69, 9.17) is 0 Å². The predicted molar refractivity (Wildman–Crippen MR) is 101 cm³/mol. The summed E-state index contributed by atoms with van der Waals surface area (Å²) in [4.78, 5) is 0. The monoisotopic (exact) mass is 428 g/mol. The van der Waals surface area contributed by atoms with Crippen LogP contribution in [0.5, 0.6) is 0 Å². The molecule has 0 aliphatic rings. The van der Waals surface area contributed by atoms with E-state index in [0.717, 1.165) is 40.4 Å². The van der Waals surface area contributed by atoms with Crippen molar-refractivity contribution in [2.45, 2.75) is 30.6 Å². The number of nitrogens with one attached hydrogen (secondary N) is 1. The highest BCUT2D eigenvalue weighted by molar-refractivity contribution is 14.1. The van der Waals surface area contributed by atoms with E-state index in [1.807, 2.05) is 30.3 Å². The molecule has 0 heterocycles. The van der Waals surface area contributed by atoms with Crippen molar-refractivity contribution in [3.05, 3.63) is 53.6 Å². The van der Waals surface area contributed by atoms with Crippen molar-refractivity contribution in [3.8, 4) is 11.1 Å². The summed E-state index contributed by atoms with van der Waals surface area (Å²) in [6, 6.07) is 14.2. The lowest BCUT2D eigenvalue weighted by atomic mass is 9.97. The van der Waals surface area contributed by atoms with Crippen LogP contribution >= 0.6 is 22.6 Å². The number of unbranched alkanes of at least 4 members (excludes halogenated alkanes) is 1. The number of halogens is 1. The Morgan fingerprint density at radius 3 is 2.50 bits per heavy atom. The van der Waals surface area contributed by atoms with Crippen LogP contribution in [0.4, 0.5) is 5.69 Å². The molecule has 5 heteroatoms. The second kappa shape index (κ2) is 8.64. The van der Waals surface area contributed by atoms with Gasteiger partial charge in [-0.2, -0.15) is 0 Å². The van der Waals surface area contributed by atoms with Crippen LogP contribution in [0.3, 0.4) is 0 Å². The number of aryl methyl sites for hydroxylation is 1. The van der Waals surface area contributed by atoms with Gasteiger partial charge in [0, 0.05) is 21.3 Å². The van der Waals surface area contributed by atoms with Crippen molar-refractivity contribution in [1.29, 1.82) is 0 Å². The van der Waals surface area contributed by atoms with Gasteiger partial charge in [-0.25, -0.2) is 0 Å². The Bertz CT molecular complexity index is 644. The maximum absolute atomic E-state index is 11.2. The molecule has 3 nitrogen and oxygen atoms in total. The highest BCUT2D eigenvalue weighted by Gasteiger charge is 2.10. The van der Waals surface area contributed by atoms with Crippen molar-refractivity contribution in [3.63, 3.8) is 0 Å². The van der Waals surface area contributed by atoms with Gasteiger partial charge < -0.3 is 9.27 Å². The molecular weight excluding hydrogens is 409 g/mol. The van der Waals surface area contributed by atoms with E-state index >= 15 is 0 Å². The molecule has 0 amide bonds. The number of hydrogen-bond acceptors (Lipinski definition) is 2. The number of para-hydroxylation sites is 1. The van der Waals surface area contributed by atoms with Crippen LogP contribution in [0.15, 0.2) is 42.5 Å². The fourth-order valence-electron chi connectivity index (χ4n) is 2.39. The van der Waals surface area contributed by atoms with Crippen LogP contribution in [0.25, 0.3) is 11.1 Å². The van der Waals surface area contributed by atoms with Crippen LogP contribution in [0.1, 0.15) is 30.9 Å². The number of benzene rings is 2. The second-order valence-electron chi connectivity index (χ2n) is 5.11. The molecule has 22 heavy (non-hydrogen) atoms. The first-order valence-electron chi connectivity index (χ1n) is 7.28. The maximum Gasteiger partial charge on any atom is 0.0562 e. The lowest BCUT2D eigenvalue weighted by Gasteiger charge is -2.18. The predicted octanol–water partition coefficient (Wildman–Crippen LogP) is 4.84. The molecular formula is C17H19INO2S-. The Hall–Kier alpha value is -0.920. The van der Waals surface area contributed by atoms with E-state index < -0.39 is 11.3 Å². The molecule has 0 aromatic heterocycles. The molecule has 0 aliphatic heterocycles. The average molecular weight is 428 g/mol. The van der Waals surface area contributed by atoms with Gasteiger partial charge >= 0.3 is 0 Å². The zero-order chi connectivity index (χ0) is 15.9. The van der Waals surface area contributed by atoms with Gasteiger partial charge in [-0.15, -0.1) is 0 Å². The van der Waals surface area contributed by atoms with Gasteiger partial charge in [0.05, 0.1) is 5.69 Å². The summed E-state index contributed by atoms with van der Waals surface area (Å²) in [7, 11) is 0. The third-order valence-electron chi connectivity index (χ3n) is 3.56. The molecule has 0 aliphatic carbocycles. The van der Waals surface area contributed by atoms with E-state index in [-0.39, 0.29) is 0 Å². The topological polar surface area (TPSA) is 52.2 Å². The Labute approximate surface area is 148 Å². The summed E-state index contributed by atoms with van der Waals surface area (Å²) in [5, 5.41) is 0. The first-order valence-corrected chi connectivity index (χ1v) is 9.88. The standard InChI is InChI=1S/C17H20INO2S/c1-2-3-5-15-6-4-7-16(17(15)19-22(20)21)14-10-8-13(12-18)9-11-14/h4,6-11,19H,2-3,5,12H2,1H3,(H,20,21)/p-1. The van der Waals surface area contributed by atoms with Crippen LogP contribution < -0.4 is 4.72 Å². The Morgan fingerprint density at radius 1 is 1.18 bits per heavy atom. The zero-order valence-electron chi connectivity index (χ0n) is 12.5. The van der Waals surface area contributed by atoms with E-state index in [2.05, 4.69) is 46.4 Å². The molecule has 1 N–H and O–H groups in total. The summed E-state index contributed by atoms with van der Waals surface area (Å²) in [5.74, 6) is 0. The summed E-state index contributed by atoms with van der Waals surface area (Å²) in [6.45, 7) is 2.13. The number of anilines is 1. The Balaban J connectivity index is 2.45. The Kier molecular flexibility index (Phi) is 6.85. The zero-order valence-corrected chi connectivity index (χ0v) is 15.4. The molecule has 0 fully saturated rings. The van der Waals surface area contributed by atoms with Gasteiger partial charge in [-0.1, -0.05) is 78.4 Å². The summed E-state index contributed by atoms with van der Waals surface area (Å²) < 4.78 is 25.9. The molecule has 0 saturated carbocycles. The van der Waals surface area contributed by atoms with Crippen molar-refractivity contribution in [2.75, 3.05) is 4.72 Å². The highest BCUT2D eigenvalue weighted by atomic mass is 127. The first-order chi connectivity index (χ1) is 10.7. The molecule has 0 bridgehead atoms. The lowest BCUT2D eigenvalue weighted by Crippen LogP contribution is -2.07. The van der Waals surface area contributed by atoms with Crippen LogP contribution in [0.2, 0.25) is 0 Å². The SMILES string of the molecule is CCCCc1cccc(-c2ccc(CI)cc2)c1NS(=O)[O-]. The van der Waals surface area contributed by atoms with Crippen LogP contribution in [-0.4, -0.2) is 8.76 Å². The molecule has 1 unspecified atom stereocenters. The maximum atomic E-state index is 11.2. The van der Waals surface area contributed by atoms with Gasteiger partial charge in [0.1, 0.15) is 0 Å². The minimum absolute atomic E-state index is 0.700. The third kappa shape index (κ3) is 4.54. The van der Waals surface area contributed by atoms with E-state index in [1.165, 1.54) is 5.56 Å². The smallest absolute Gasteiger partial charge is 0.0562 e. The molecule has 118 valence electrons. The average Bonchev–Trinajstić information content (AvgIpc) is 2.53. The van der Waals surface area contributed by atoms with E-state index in [1.54, 1.807) is 0 Å². The third-order valence-corrected chi connectivity index (χ3v) is 4.81.